The summed E-state index contributed by atoms with van der Waals surface area (Å²) >= 11 is 20.7. The van der Waals surface area contributed by atoms with Gasteiger partial charge in [-0.15, -0.1) is 11.8 Å². The van der Waals surface area contributed by atoms with Gasteiger partial charge in [0, 0.05) is 31.8 Å². The van der Waals surface area contributed by atoms with Crippen LogP contribution in [-0.4, -0.2) is 62.5 Å². The number of rotatable bonds is 8. The molecule has 1 amide bonds. The number of thioether (sulfide) groups is 1. The van der Waals surface area contributed by atoms with E-state index in [2.05, 4.69) is 17.0 Å². The number of carboxylic acid groups (broad SMARTS) is 1. The van der Waals surface area contributed by atoms with E-state index in [1.807, 2.05) is 36.7 Å². The third-order valence-corrected chi connectivity index (χ3v) is 6.76. The Bertz CT molecular complexity index is 1380. The lowest BCUT2D eigenvalue weighted by Crippen LogP contribution is -2.26. The number of aromatic nitrogens is 4. The smallest absolute Gasteiger partial charge is 0.404 e. The number of aliphatic hydroxyl groups is 1. The highest BCUT2D eigenvalue weighted by molar-refractivity contribution is 7.98. The molecule has 202 valence electrons. The van der Waals surface area contributed by atoms with Gasteiger partial charge in [0.15, 0.2) is 5.65 Å². The highest BCUT2D eigenvalue weighted by Gasteiger charge is 2.24. The van der Waals surface area contributed by atoms with Crippen LogP contribution in [0.3, 0.4) is 0 Å². The Balaban J connectivity index is 0.000000732. The molecule has 0 aliphatic rings. The van der Waals surface area contributed by atoms with Crippen molar-refractivity contribution in [3.63, 3.8) is 0 Å². The zero-order valence-corrected chi connectivity index (χ0v) is 24.0. The third-order valence-electron chi connectivity index (χ3n) is 5.29. The van der Waals surface area contributed by atoms with Gasteiger partial charge >= 0.3 is 6.09 Å². The quantitative estimate of drug-likeness (QED) is 0.209. The van der Waals surface area contributed by atoms with Crippen molar-refractivity contribution in [1.29, 1.82) is 0 Å². The van der Waals surface area contributed by atoms with Crippen molar-refractivity contribution in [3.8, 4) is 5.69 Å². The minimum absolute atomic E-state index is 0.0864. The average Bonchev–Trinajstić information content (AvgIpc) is 3.24. The van der Waals surface area contributed by atoms with E-state index in [0.717, 1.165) is 21.8 Å². The van der Waals surface area contributed by atoms with Crippen molar-refractivity contribution < 1.29 is 15.0 Å². The Morgan fingerprint density at radius 2 is 1.76 bits per heavy atom. The highest BCUT2D eigenvalue weighted by atomic mass is 35.5. The molecule has 0 atom stereocenters. The summed E-state index contributed by atoms with van der Waals surface area (Å²) in [5.74, 6) is 1.35. The molecule has 13 heteroatoms. The second-order valence-corrected chi connectivity index (χ2v) is 10.0. The van der Waals surface area contributed by atoms with Gasteiger partial charge in [-0.25, -0.2) is 19.4 Å². The maximum Gasteiger partial charge on any atom is 0.404 e. The average molecular weight is 598 g/mol. The first-order valence-electron chi connectivity index (χ1n) is 11.5. The standard InChI is InChI=1S/C23H22Cl3N5OS.C2H5NO2/c1-14-27-21(30(9-6-10-32)13-15-7-4-3-5-8-15)19-22(28-14)31(29-23(19)33-2)20-17(25)11-16(24)12-18(20)26;1-3-2(4)5/h3-5,7-8,11-12,32H,6,9-10,13H2,1-2H3;3H,1H3,(H,4,5). The normalized spacial score (nSPS) is 10.7. The minimum Gasteiger partial charge on any atom is -0.465 e. The van der Waals surface area contributed by atoms with Gasteiger partial charge in [0.2, 0.25) is 0 Å². The van der Waals surface area contributed by atoms with Crippen LogP contribution in [0.1, 0.15) is 17.8 Å². The molecule has 0 spiro atoms. The fourth-order valence-electron chi connectivity index (χ4n) is 3.67. The number of fused-ring (bicyclic) bond motifs is 1. The fourth-order valence-corrected chi connectivity index (χ4v) is 5.19. The number of halogens is 3. The maximum atomic E-state index is 9.51. The number of hydrogen-bond donors (Lipinski definition) is 3. The second-order valence-electron chi connectivity index (χ2n) is 7.97. The van der Waals surface area contributed by atoms with Gasteiger partial charge in [0.1, 0.15) is 22.4 Å². The van der Waals surface area contributed by atoms with Crippen molar-refractivity contribution >= 4 is 69.5 Å². The molecule has 2 aromatic heterocycles. The number of amides is 1. The van der Waals surface area contributed by atoms with Crippen molar-refractivity contribution in [3.05, 3.63) is 68.9 Å². The molecule has 2 aromatic carbocycles. The van der Waals surface area contributed by atoms with E-state index < -0.39 is 6.09 Å². The van der Waals surface area contributed by atoms with Crippen LogP contribution >= 0.6 is 46.6 Å². The number of carbonyl (C=O) groups is 1. The Kier molecular flexibility index (Phi) is 10.9. The van der Waals surface area contributed by atoms with Crippen LogP contribution < -0.4 is 10.2 Å². The summed E-state index contributed by atoms with van der Waals surface area (Å²) in [7, 11) is 1.35. The van der Waals surface area contributed by atoms with E-state index >= 15 is 0 Å². The summed E-state index contributed by atoms with van der Waals surface area (Å²) in [4.78, 5) is 20.9. The molecule has 0 fully saturated rings. The lowest BCUT2D eigenvalue weighted by Gasteiger charge is -2.25. The molecule has 0 saturated carbocycles. The molecular weight excluding hydrogens is 571 g/mol. The molecule has 0 saturated heterocycles. The van der Waals surface area contributed by atoms with Gasteiger partial charge in [-0.3, -0.25) is 0 Å². The lowest BCUT2D eigenvalue weighted by atomic mass is 10.2. The lowest BCUT2D eigenvalue weighted by molar-refractivity contribution is 0.197. The van der Waals surface area contributed by atoms with Gasteiger partial charge in [-0.05, 0) is 37.3 Å². The number of benzene rings is 2. The molecule has 0 radical (unpaired) electrons. The number of aryl methyl sites for hydroxylation is 1. The Morgan fingerprint density at radius 1 is 1.13 bits per heavy atom. The number of nitrogens with one attached hydrogen (secondary N) is 1. The predicted octanol–water partition coefficient (Wildman–Crippen LogP) is 6.08. The summed E-state index contributed by atoms with van der Waals surface area (Å²) in [5, 5.41) is 26.6. The van der Waals surface area contributed by atoms with Crippen LogP contribution in [-0.2, 0) is 6.54 Å². The van der Waals surface area contributed by atoms with Crippen molar-refractivity contribution in [2.45, 2.75) is 24.9 Å². The SMILES string of the molecule is CNC(=O)O.CSc1nn(-c2c(Cl)cc(Cl)cc2Cl)c2nc(C)nc(N(CCCO)Cc3ccccc3)c12. The van der Waals surface area contributed by atoms with Gasteiger partial charge in [-0.2, -0.15) is 5.10 Å². The first kappa shape index (κ1) is 29.8. The highest BCUT2D eigenvalue weighted by Crippen LogP contribution is 2.38. The van der Waals surface area contributed by atoms with Crippen LogP contribution in [0.4, 0.5) is 10.6 Å². The van der Waals surface area contributed by atoms with Crippen LogP contribution in [0, 0.1) is 6.92 Å². The first-order valence-corrected chi connectivity index (χ1v) is 13.8. The summed E-state index contributed by atoms with van der Waals surface area (Å²) in [5.41, 5.74) is 2.26. The summed E-state index contributed by atoms with van der Waals surface area (Å²) in [6.07, 6.45) is 1.57. The molecule has 38 heavy (non-hydrogen) atoms. The molecule has 3 N–H and O–H groups in total. The summed E-state index contributed by atoms with van der Waals surface area (Å²) in [6, 6.07) is 13.4. The second kappa shape index (κ2) is 13.9. The van der Waals surface area contributed by atoms with E-state index in [9.17, 15) is 9.90 Å². The zero-order chi connectivity index (χ0) is 27.8. The number of hydrogen-bond acceptors (Lipinski definition) is 7. The Morgan fingerprint density at radius 3 is 2.32 bits per heavy atom. The predicted molar refractivity (Wildman–Crippen MR) is 154 cm³/mol. The van der Waals surface area contributed by atoms with Crippen LogP contribution in [0.15, 0.2) is 47.5 Å². The Labute approximate surface area is 239 Å². The van der Waals surface area contributed by atoms with Gasteiger partial charge in [0.25, 0.3) is 0 Å². The molecule has 0 bridgehead atoms. The van der Waals surface area contributed by atoms with Crippen LogP contribution in [0.2, 0.25) is 15.1 Å². The van der Waals surface area contributed by atoms with Crippen molar-refractivity contribution in [2.24, 2.45) is 0 Å². The summed E-state index contributed by atoms with van der Waals surface area (Å²) in [6.45, 7) is 3.19. The van der Waals surface area contributed by atoms with Gasteiger partial charge < -0.3 is 20.4 Å². The van der Waals surface area contributed by atoms with E-state index in [1.165, 1.54) is 18.8 Å². The minimum atomic E-state index is -0.995. The topological polar surface area (TPSA) is 116 Å². The molecular formula is C25H27Cl3N6O3S. The van der Waals surface area contributed by atoms with Crippen LogP contribution in [0.5, 0.6) is 0 Å². The van der Waals surface area contributed by atoms with Crippen molar-refractivity contribution in [1.82, 2.24) is 25.1 Å². The van der Waals surface area contributed by atoms with E-state index in [1.54, 1.807) is 16.8 Å². The summed E-state index contributed by atoms with van der Waals surface area (Å²) < 4.78 is 1.66. The molecule has 0 aliphatic heterocycles. The largest absolute Gasteiger partial charge is 0.465 e. The molecule has 4 rings (SSSR count). The number of nitrogens with zero attached hydrogens (tertiary/aromatic N) is 5. The first-order chi connectivity index (χ1) is 18.2. The molecule has 0 unspecified atom stereocenters. The third kappa shape index (κ3) is 7.21. The van der Waals surface area contributed by atoms with Crippen molar-refractivity contribution in [2.75, 3.05) is 31.4 Å². The molecule has 0 aliphatic carbocycles. The molecule has 4 aromatic rings. The van der Waals surface area contributed by atoms with Crippen LogP contribution in [0.25, 0.3) is 16.7 Å². The van der Waals surface area contributed by atoms with Gasteiger partial charge in [0.05, 0.1) is 15.4 Å². The maximum absolute atomic E-state index is 9.51. The van der Waals surface area contributed by atoms with Gasteiger partial charge in [-0.1, -0.05) is 65.1 Å². The Hall–Kier alpha value is -2.76. The zero-order valence-electron chi connectivity index (χ0n) is 21.0. The fraction of sp³-hybridized carbons (Fsp3) is 0.280. The number of anilines is 1. The monoisotopic (exact) mass is 596 g/mol. The van der Waals surface area contributed by atoms with E-state index in [4.69, 9.17) is 55.0 Å². The number of aliphatic hydroxyl groups excluding tert-OH is 1. The molecule has 9 nitrogen and oxygen atoms in total. The van der Waals surface area contributed by atoms with E-state index in [0.29, 0.717) is 51.7 Å². The molecule has 2 heterocycles. The van der Waals surface area contributed by atoms with E-state index in [-0.39, 0.29) is 6.61 Å².